The summed E-state index contributed by atoms with van der Waals surface area (Å²) in [5.74, 6) is -1.28. The summed E-state index contributed by atoms with van der Waals surface area (Å²) in [5.41, 5.74) is 0. The number of carbonyl (C=O) groups is 4. The molecule has 1 heterocycles. The van der Waals surface area contributed by atoms with Crippen LogP contribution in [0.1, 0.15) is 32.6 Å². The highest BCUT2D eigenvalue weighted by Gasteiger charge is 2.30. The van der Waals surface area contributed by atoms with E-state index in [2.05, 4.69) is 15.4 Å². The summed E-state index contributed by atoms with van der Waals surface area (Å²) in [4.78, 5) is 45.3. The molecule has 2 amide bonds. The van der Waals surface area contributed by atoms with Crippen LogP contribution in [0, 0.1) is 0 Å². The van der Waals surface area contributed by atoms with Gasteiger partial charge in [-0.15, -0.1) is 0 Å². The van der Waals surface area contributed by atoms with E-state index in [1.807, 2.05) is 0 Å². The lowest BCUT2D eigenvalue weighted by atomic mass is 10.1. The van der Waals surface area contributed by atoms with Gasteiger partial charge in [-0.2, -0.15) is 0 Å². The number of rotatable bonds is 6. The Bertz CT molecular complexity index is 394. The van der Waals surface area contributed by atoms with Crippen LogP contribution in [0.15, 0.2) is 0 Å². The van der Waals surface area contributed by atoms with E-state index in [0.717, 1.165) is 0 Å². The minimum Gasteiger partial charge on any atom is -0.467 e. The second-order valence-electron chi connectivity index (χ2n) is 4.48. The third-order valence-electron chi connectivity index (χ3n) is 2.90. The highest BCUT2D eigenvalue weighted by molar-refractivity contribution is 5.93. The molecule has 0 radical (unpaired) electrons. The summed E-state index contributed by atoms with van der Waals surface area (Å²) < 4.78 is 4.58. The van der Waals surface area contributed by atoms with Crippen LogP contribution >= 0.6 is 0 Å². The molecule has 0 spiro atoms. The van der Waals surface area contributed by atoms with Crippen molar-refractivity contribution in [3.05, 3.63) is 0 Å². The Balaban J connectivity index is 2.55. The van der Waals surface area contributed by atoms with Crippen LogP contribution in [0.3, 0.4) is 0 Å². The lowest BCUT2D eigenvalue weighted by Crippen LogP contribution is -2.49. The molecule has 0 aromatic heterocycles. The quantitative estimate of drug-likeness (QED) is 0.621. The van der Waals surface area contributed by atoms with E-state index >= 15 is 0 Å². The Kier molecular flexibility index (Phi) is 5.47. The van der Waals surface area contributed by atoms with Crippen molar-refractivity contribution in [3.63, 3.8) is 0 Å². The van der Waals surface area contributed by atoms with Crippen molar-refractivity contribution < 1.29 is 23.9 Å². The molecule has 0 bridgehead atoms. The van der Waals surface area contributed by atoms with Crippen molar-refractivity contribution in [1.82, 2.24) is 10.6 Å². The molecule has 0 aromatic rings. The van der Waals surface area contributed by atoms with Gasteiger partial charge in [0.2, 0.25) is 11.8 Å². The number of ether oxygens (including phenoxy) is 1. The number of hydrogen-bond donors (Lipinski definition) is 2. The summed E-state index contributed by atoms with van der Waals surface area (Å²) in [6.45, 7) is 1.41. The Morgan fingerprint density at radius 3 is 2.63 bits per heavy atom. The molecule has 0 aliphatic carbocycles. The molecule has 1 rings (SSSR count). The Hall–Kier alpha value is -1.92. The lowest BCUT2D eigenvalue weighted by molar-refractivity contribution is -0.145. The average Bonchev–Trinajstić information content (AvgIpc) is 2.79. The van der Waals surface area contributed by atoms with Gasteiger partial charge in [0.25, 0.3) is 0 Å². The number of ketones is 1. The molecular weight excluding hydrogens is 252 g/mol. The second-order valence-corrected chi connectivity index (χ2v) is 4.48. The van der Waals surface area contributed by atoms with Gasteiger partial charge in [-0.25, -0.2) is 4.79 Å². The zero-order valence-electron chi connectivity index (χ0n) is 11.0. The second kappa shape index (κ2) is 6.86. The summed E-state index contributed by atoms with van der Waals surface area (Å²) >= 11 is 0. The van der Waals surface area contributed by atoms with Crippen LogP contribution in [0.5, 0.6) is 0 Å². The normalized spacial score (nSPS) is 19.5. The van der Waals surface area contributed by atoms with E-state index in [4.69, 9.17) is 0 Å². The first-order valence-electron chi connectivity index (χ1n) is 6.11. The highest BCUT2D eigenvalue weighted by Crippen LogP contribution is 2.08. The number of carbonyl (C=O) groups excluding carboxylic acids is 4. The van der Waals surface area contributed by atoms with E-state index in [1.165, 1.54) is 14.0 Å². The maximum Gasteiger partial charge on any atom is 0.328 e. The molecule has 0 aromatic carbocycles. The zero-order chi connectivity index (χ0) is 14.4. The van der Waals surface area contributed by atoms with Crippen molar-refractivity contribution >= 4 is 23.6 Å². The SMILES string of the molecule is COC(=O)[C@H](CCC(C)=O)NC(=O)[C@H]1CCC(=O)N1. The third kappa shape index (κ3) is 4.69. The van der Waals surface area contributed by atoms with E-state index < -0.39 is 24.0 Å². The lowest BCUT2D eigenvalue weighted by Gasteiger charge is -2.18. The first-order valence-corrected chi connectivity index (χ1v) is 6.11. The maximum absolute atomic E-state index is 11.8. The Labute approximate surface area is 111 Å². The van der Waals surface area contributed by atoms with Crippen molar-refractivity contribution in [1.29, 1.82) is 0 Å². The predicted molar refractivity (Wildman–Crippen MR) is 65.0 cm³/mol. The number of amides is 2. The van der Waals surface area contributed by atoms with Gasteiger partial charge in [-0.05, 0) is 19.8 Å². The van der Waals surface area contributed by atoms with Crippen molar-refractivity contribution in [3.8, 4) is 0 Å². The monoisotopic (exact) mass is 270 g/mol. The molecule has 1 saturated heterocycles. The topological polar surface area (TPSA) is 102 Å². The van der Waals surface area contributed by atoms with Gasteiger partial charge in [0.05, 0.1) is 7.11 Å². The van der Waals surface area contributed by atoms with Crippen LogP contribution in [0.4, 0.5) is 0 Å². The van der Waals surface area contributed by atoms with E-state index in [9.17, 15) is 19.2 Å². The molecule has 7 nitrogen and oxygen atoms in total. The van der Waals surface area contributed by atoms with Crippen molar-refractivity contribution in [2.45, 2.75) is 44.7 Å². The Morgan fingerprint density at radius 2 is 2.16 bits per heavy atom. The number of methoxy groups -OCH3 is 1. The van der Waals surface area contributed by atoms with Gasteiger partial charge < -0.3 is 20.2 Å². The molecule has 19 heavy (non-hydrogen) atoms. The molecule has 1 aliphatic heterocycles. The van der Waals surface area contributed by atoms with Crippen LogP contribution in [-0.4, -0.2) is 42.8 Å². The highest BCUT2D eigenvalue weighted by atomic mass is 16.5. The average molecular weight is 270 g/mol. The molecule has 2 N–H and O–H groups in total. The minimum absolute atomic E-state index is 0.0719. The largest absolute Gasteiger partial charge is 0.467 e. The van der Waals surface area contributed by atoms with Crippen LogP contribution in [0.25, 0.3) is 0 Å². The molecule has 1 fully saturated rings. The minimum atomic E-state index is -0.862. The van der Waals surface area contributed by atoms with E-state index in [0.29, 0.717) is 12.8 Å². The maximum atomic E-state index is 11.8. The van der Waals surface area contributed by atoms with Gasteiger partial charge >= 0.3 is 5.97 Å². The van der Waals surface area contributed by atoms with Gasteiger partial charge in [0, 0.05) is 12.8 Å². The fraction of sp³-hybridized carbons (Fsp3) is 0.667. The van der Waals surface area contributed by atoms with Crippen molar-refractivity contribution in [2.75, 3.05) is 7.11 Å². The number of hydrogen-bond acceptors (Lipinski definition) is 5. The van der Waals surface area contributed by atoms with E-state index in [-0.39, 0.29) is 24.5 Å². The first kappa shape index (κ1) is 15.1. The first-order chi connectivity index (χ1) is 8.93. The molecular formula is C12H18N2O5. The molecule has 0 saturated carbocycles. The van der Waals surface area contributed by atoms with Crippen molar-refractivity contribution in [2.24, 2.45) is 0 Å². The fourth-order valence-electron chi connectivity index (χ4n) is 1.82. The zero-order valence-corrected chi connectivity index (χ0v) is 11.0. The third-order valence-corrected chi connectivity index (χ3v) is 2.90. The van der Waals surface area contributed by atoms with Gasteiger partial charge in [0.1, 0.15) is 17.9 Å². The molecule has 1 aliphatic rings. The van der Waals surface area contributed by atoms with Crippen LogP contribution in [-0.2, 0) is 23.9 Å². The van der Waals surface area contributed by atoms with Gasteiger partial charge in [-0.1, -0.05) is 0 Å². The summed E-state index contributed by atoms with van der Waals surface area (Å²) in [6, 6.07) is -1.48. The molecule has 106 valence electrons. The predicted octanol–water partition coefficient (Wildman–Crippen LogP) is -0.708. The summed E-state index contributed by atoms with van der Waals surface area (Å²) in [5, 5.41) is 5.02. The number of nitrogens with one attached hydrogen (secondary N) is 2. The summed E-state index contributed by atoms with van der Waals surface area (Å²) in [7, 11) is 1.21. The molecule has 7 heteroatoms. The fourth-order valence-corrected chi connectivity index (χ4v) is 1.82. The molecule has 0 unspecified atom stereocenters. The van der Waals surface area contributed by atoms with Crippen LogP contribution in [0.2, 0.25) is 0 Å². The number of esters is 1. The number of Topliss-reactive ketones (excluding diaryl/α,β-unsaturated/α-hetero) is 1. The van der Waals surface area contributed by atoms with Crippen LogP contribution < -0.4 is 10.6 Å². The molecule has 2 atom stereocenters. The van der Waals surface area contributed by atoms with E-state index in [1.54, 1.807) is 0 Å². The van der Waals surface area contributed by atoms with Gasteiger partial charge in [0.15, 0.2) is 0 Å². The Morgan fingerprint density at radius 1 is 1.47 bits per heavy atom. The van der Waals surface area contributed by atoms with Gasteiger partial charge in [-0.3, -0.25) is 9.59 Å². The standard InChI is InChI=1S/C12H18N2O5/c1-7(15)3-4-9(12(18)19-2)14-11(17)8-5-6-10(16)13-8/h8-9H,3-6H2,1-2H3,(H,13,16)(H,14,17)/t8-,9+/m1/s1. The smallest absolute Gasteiger partial charge is 0.328 e. The summed E-state index contributed by atoms with van der Waals surface area (Å²) in [6.07, 6.45) is 1.07.